The van der Waals surface area contributed by atoms with Crippen molar-refractivity contribution in [3.8, 4) is 0 Å². The minimum absolute atomic E-state index is 0.0194. The maximum Gasteiger partial charge on any atom is 0.338 e. The lowest BCUT2D eigenvalue weighted by atomic mass is 9.64. The van der Waals surface area contributed by atoms with Gasteiger partial charge >= 0.3 is 5.97 Å². The fraction of sp³-hybridized carbons (Fsp3) is 0.933. The van der Waals surface area contributed by atoms with Crippen molar-refractivity contribution in [1.29, 1.82) is 0 Å². The summed E-state index contributed by atoms with van der Waals surface area (Å²) in [5.41, 5.74) is -1.59. The quantitative estimate of drug-likeness (QED) is 0.620. The number of rotatable bonds is 4. The minimum Gasteiger partial charge on any atom is -0.464 e. The summed E-state index contributed by atoms with van der Waals surface area (Å²) >= 11 is 0. The topological polar surface area (TPSA) is 46.5 Å². The molecule has 2 fully saturated rings. The molecule has 2 aliphatic rings. The molecule has 3 unspecified atom stereocenters. The van der Waals surface area contributed by atoms with Crippen LogP contribution >= 0.6 is 0 Å². The highest BCUT2D eigenvalue weighted by Gasteiger charge is 2.71. The Morgan fingerprint density at radius 2 is 2.06 bits per heavy atom. The molecule has 0 spiro atoms. The smallest absolute Gasteiger partial charge is 0.338 e. The van der Waals surface area contributed by atoms with E-state index in [4.69, 9.17) is 4.74 Å². The summed E-state index contributed by atoms with van der Waals surface area (Å²) in [6.07, 6.45) is 4.47. The largest absolute Gasteiger partial charge is 0.464 e. The summed E-state index contributed by atoms with van der Waals surface area (Å²) in [5.74, 6) is 0.0416. The molecule has 0 aromatic heterocycles. The zero-order valence-corrected chi connectivity index (χ0v) is 12.1. The number of esters is 1. The van der Waals surface area contributed by atoms with Crippen LogP contribution in [0.15, 0.2) is 0 Å². The van der Waals surface area contributed by atoms with E-state index in [9.17, 15) is 9.90 Å². The van der Waals surface area contributed by atoms with Crippen LogP contribution in [0.3, 0.4) is 0 Å². The van der Waals surface area contributed by atoms with Gasteiger partial charge in [-0.3, -0.25) is 0 Å². The number of ether oxygens (including phenoxy) is 1. The Morgan fingerprint density at radius 1 is 1.39 bits per heavy atom. The lowest BCUT2D eigenvalue weighted by Gasteiger charge is -2.43. The van der Waals surface area contributed by atoms with Crippen molar-refractivity contribution < 1.29 is 14.6 Å². The minimum atomic E-state index is -1.27. The van der Waals surface area contributed by atoms with Gasteiger partial charge in [-0.2, -0.15) is 0 Å². The second kappa shape index (κ2) is 4.22. The third-order valence-electron chi connectivity index (χ3n) is 5.96. The Hall–Kier alpha value is -0.570. The number of carbonyl (C=O) groups excluding carboxylic acids is 1. The van der Waals surface area contributed by atoms with Crippen LogP contribution in [-0.2, 0) is 9.53 Å². The molecule has 104 valence electrons. The van der Waals surface area contributed by atoms with Crippen LogP contribution in [0.5, 0.6) is 0 Å². The molecule has 3 nitrogen and oxygen atoms in total. The van der Waals surface area contributed by atoms with Gasteiger partial charge in [0.1, 0.15) is 0 Å². The first kappa shape index (κ1) is 13.9. The molecule has 0 amide bonds. The molecule has 0 saturated heterocycles. The summed E-state index contributed by atoms with van der Waals surface area (Å²) in [6, 6.07) is 0. The number of carbonyl (C=O) groups is 1. The highest BCUT2D eigenvalue weighted by molar-refractivity contribution is 5.81. The summed E-state index contributed by atoms with van der Waals surface area (Å²) < 4.78 is 5.29. The van der Waals surface area contributed by atoms with Gasteiger partial charge in [0.25, 0.3) is 0 Å². The maximum atomic E-state index is 12.3. The zero-order valence-electron chi connectivity index (χ0n) is 12.1. The second-order valence-electron chi connectivity index (χ2n) is 6.84. The molecule has 2 saturated carbocycles. The lowest BCUT2D eigenvalue weighted by Crippen LogP contribution is -2.53. The predicted octanol–water partition coefficient (Wildman–Crippen LogP) is 2.91. The summed E-state index contributed by atoms with van der Waals surface area (Å²) in [5, 5.41) is 10.9. The standard InChI is InChI=1S/C15H26O3/c1-5-6-9-18-12(16)15(17)10-11-7-8-14(15,4)13(11,2)3/h11,17H,5-10H2,1-4H3. The van der Waals surface area contributed by atoms with E-state index in [2.05, 4.69) is 27.7 Å². The molecule has 0 aromatic carbocycles. The van der Waals surface area contributed by atoms with Crippen LogP contribution in [-0.4, -0.2) is 23.3 Å². The molecule has 0 aliphatic heterocycles. The Kier molecular flexibility index (Phi) is 3.25. The van der Waals surface area contributed by atoms with Gasteiger partial charge in [0.15, 0.2) is 5.60 Å². The van der Waals surface area contributed by atoms with Gasteiger partial charge in [-0.1, -0.05) is 34.1 Å². The molecule has 0 aromatic rings. The van der Waals surface area contributed by atoms with E-state index in [-0.39, 0.29) is 10.8 Å². The normalized spacial score (nSPS) is 41.1. The summed E-state index contributed by atoms with van der Waals surface area (Å²) in [6.45, 7) is 8.91. The molecule has 3 heteroatoms. The van der Waals surface area contributed by atoms with E-state index >= 15 is 0 Å². The first-order valence-corrected chi connectivity index (χ1v) is 7.19. The van der Waals surface area contributed by atoms with Crippen LogP contribution in [0, 0.1) is 16.7 Å². The van der Waals surface area contributed by atoms with Crippen molar-refractivity contribution >= 4 is 5.97 Å². The highest BCUT2D eigenvalue weighted by atomic mass is 16.5. The highest BCUT2D eigenvalue weighted by Crippen LogP contribution is 2.69. The first-order chi connectivity index (χ1) is 8.29. The van der Waals surface area contributed by atoms with E-state index < -0.39 is 11.6 Å². The molecular formula is C15H26O3. The lowest BCUT2D eigenvalue weighted by molar-refractivity contribution is -0.183. The second-order valence-corrected chi connectivity index (χ2v) is 6.84. The molecule has 2 aliphatic carbocycles. The van der Waals surface area contributed by atoms with Gasteiger partial charge in [0, 0.05) is 5.41 Å². The molecule has 0 heterocycles. The average molecular weight is 254 g/mol. The molecule has 0 radical (unpaired) electrons. The van der Waals surface area contributed by atoms with Crippen molar-refractivity contribution in [2.75, 3.05) is 6.61 Å². The van der Waals surface area contributed by atoms with E-state index in [1.54, 1.807) is 0 Å². The third kappa shape index (κ3) is 1.56. The van der Waals surface area contributed by atoms with Gasteiger partial charge in [0.2, 0.25) is 0 Å². The van der Waals surface area contributed by atoms with Gasteiger partial charge in [0.05, 0.1) is 6.61 Å². The number of fused-ring (bicyclic) bond motifs is 2. The number of hydrogen-bond acceptors (Lipinski definition) is 3. The van der Waals surface area contributed by atoms with Crippen molar-refractivity contribution in [1.82, 2.24) is 0 Å². The van der Waals surface area contributed by atoms with Gasteiger partial charge < -0.3 is 9.84 Å². The fourth-order valence-electron chi connectivity index (χ4n) is 4.01. The number of unbranched alkanes of at least 4 members (excludes halogenated alkanes) is 1. The van der Waals surface area contributed by atoms with Crippen molar-refractivity contribution in [3.63, 3.8) is 0 Å². The van der Waals surface area contributed by atoms with E-state index in [0.717, 1.165) is 25.7 Å². The molecular weight excluding hydrogens is 228 g/mol. The Bertz CT molecular complexity index is 350. The van der Waals surface area contributed by atoms with Crippen molar-refractivity contribution in [2.24, 2.45) is 16.7 Å². The Balaban J connectivity index is 2.16. The number of hydrogen-bond donors (Lipinski definition) is 1. The van der Waals surface area contributed by atoms with E-state index in [0.29, 0.717) is 18.9 Å². The average Bonchev–Trinajstić information content (AvgIpc) is 2.61. The van der Waals surface area contributed by atoms with Crippen LogP contribution in [0.25, 0.3) is 0 Å². The van der Waals surface area contributed by atoms with Crippen LogP contribution in [0.2, 0.25) is 0 Å². The molecule has 2 rings (SSSR count). The van der Waals surface area contributed by atoms with Crippen LogP contribution in [0.4, 0.5) is 0 Å². The summed E-state index contributed by atoms with van der Waals surface area (Å²) in [4.78, 5) is 12.3. The van der Waals surface area contributed by atoms with E-state index in [1.165, 1.54) is 0 Å². The first-order valence-electron chi connectivity index (χ1n) is 7.19. The summed E-state index contributed by atoms with van der Waals surface area (Å²) in [7, 11) is 0. The molecule has 2 bridgehead atoms. The van der Waals surface area contributed by atoms with Crippen molar-refractivity contribution in [3.05, 3.63) is 0 Å². The Labute approximate surface area is 110 Å². The molecule has 1 N–H and O–H groups in total. The SMILES string of the molecule is CCCCOC(=O)C1(O)CC2CCC1(C)C2(C)C. The van der Waals surface area contributed by atoms with Crippen molar-refractivity contribution in [2.45, 2.75) is 65.4 Å². The maximum absolute atomic E-state index is 12.3. The number of aliphatic hydroxyl groups is 1. The van der Waals surface area contributed by atoms with Gasteiger partial charge in [-0.05, 0) is 37.0 Å². The van der Waals surface area contributed by atoms with Crippen LogP contribution in [0.1, 0.15) is 59.8 Å². The van der Waals surface area contributed by atoms with Gasteiger partial charge in [-0.15, -0.1) is 0 Å². The fourth-order valence-corrected chi connectivity index (χ4v) is 4.01. The third-order valence-corrected chi connectivity index (χ3v) is 5.96. The molecule has 3 atom stereocenters. The Morgan fingerprint density at radius 3 is 2.50 bits per heavy atom. The van der Waals surface area contributed by atoms with Crippen LogP contribution < -0.4 is 0 Å². The van der Waals surface area contributed by atoms with E-state index in [1.807, 2.05) is 0 Å². The predicted molar refractivity (Wildman–Crippen MR) is 70.0 cm³/mol. The zero-order chi connectivity index (χ0) is 13.6. The molecule has 18 heavy (non-hydrogen) atoms. The monoisotopic (exact) mass is 254 g/mol. The van der Waals surface area contributed by atoms with Gasteiger partial charge in [-0.25, -0.2) is 4.79 Å².